The van der Waals surface area contributed by atoms with Crippen LogP contribution in [-0.2, 0) is 11.0 Å². The monoisotopic (exact) mass is 458 g/mol. The minimum absolute atomic E-state index is 0.00830. The zero-order valence-electron chi connectivity index (χ0n) is 16.9. The standard InChI is InChI=1S/C23H17F3N2O5/c24-23(25,26)15-2-1-3-16(10-15)27-21(29)12-31-18-7-4-14(5-8-18)22(30)28-17-6-9-19-20(11-17)33-13-32-19/h1-11H,12-13H2,(H,27,29)(H,28,30). The molecule has 0 saturated carbocycles. The molecule has 2 N–H and O–H groups in total. The fraction of sp³-hybridized carbons (Fsp3) is 0.130. The Balaban J connectivity index is 1.29. The van der Waals surface area contributed by atoms with Crippen LogP contribution in [0.1, 0.15) is 15.9 Å². The molecule has 4 rings (SSSR count). The first-order valence-electron chi connectivity index (χ1n) is 9.69. The first-order valence-corrected chi connectivity index (χ1v) is 9.69. The van der Waals surface area contributed by atoms with Gasteiger partial charge in [-0.05, 0) is 54.6 Å². The van der Waals surface area contributed by atoms with Crippen LogP contribution in [-0.4, -0.2) is 25.2 Å². The van der Waals surface area contributed by atoms with Crippen molar-refractivity contribution < 1.29 is 37.0 Å². The van der Waals surface area contributed by atoms with E-state index in [-0.39, 0.29) is 18.4 Å². The van der Waals surface area contributed by atoms with Crippen LogP contribution in [0.5, 0.6) is 17.2 Å². The van der Waals surface area contributed by atoms with Crippen molar-refractivity contribution >= 4 is 23.2 Å². The molecule has 0 bridgehead atoms. The molecule has 0 atom stereocenters. The lowest BCUT2D eigenvalue weighted by Gasteiger charge is -2.11. The summed E-state index contributed by atoms with van der Waals surface area (Å²) >= 11 is 0. The van der Waals surface area contributed by atoms with Crippen molar-refractivity contribution in [2.24, 2.45) is 0 Å². The normalized spacial score (nSPS) is 12.2. The second kappa shape index (κ2) is 9.11. The van der Waals surface area contributed by atoms with Gasteiger partial charge in [-0.25, -0.2) is 0 Å². The van der Waals surface area contributed by atoms with Crippen molar-refractivity contribution in [3.05, 3.63) is 77.9 Å². The van der Waals surface area contributed by atoms with Crippen molar-refractivity contribution in [1.29, 1.82) is 0 Å². The highest BCUT2D eigenvalue weighted by molar-refractivity contribution is 6.04. The van der Waals surface area contributed by atoms with E-state index in [4.69, 9.17) is 14.2 Å². The molecule has 7 nitrogen and oxygen atoms in total. The molecule has 2 amide bonds. The summed E-state index contributed by atoms with van der Waals surface area (Å²) in [5, 5.41) is 5.09. The number of fused-ring (bicyclic) bond motifs is 1. The van der Waals surface area contributed by atoms with Crippen LogP contribution in [0.2, 0.25) is 0 Å². The Bertz CT molecular complexity index is 1180. The Labute approximate surface area is 186 Å². The van der Waals surface area contributed by atoms with Gasteiger partial charge >= 0.3 is 6.18 Å². The molecular weight excluding hydrogens is 441 g/mol. The van der Waals surface area contributed by atoms with E-state index in [0.717, 1.165) is 12.1 Å². The molecule has 0 aromatic heterocycles. The van der Waals surface area contributed by atoms with Gasteiger partial charge in [0.1, 0.15) is 5.75 Å². The Kier molecular flexibility index (Phi) is 6.07. The fourth-order valence-corrected chi connectivity index (χ4v) is 3.00. The van der Waals surface area contributed by atoms with Gasteiger partial charge in [0, 0.05) is 23.0 Å². The highest BCUT2D eigenvalue weighted by Gasteiger charge is 2.30. The average molecular weight is 458 g/mol. The Morgan fingerprint density at radius 3 is 2.36 bits per heavy atom. The van der Waals surface area contributed by atoms with Crippen molar-refractivity contribution in [2.45, 2.75) is 6.18 Å². The third-order valence-corrected chi connectivity index (χ3v) is 4.59. The molecule has 10 heteroatoms. The minimum Gasteiger partial charge on any atom is -0.484 e. The first-order chi connectivity index (χ1) is 15.8. The molecule has 0 spiro atoms. The van der Waals surface area contributed by atoms with Crippen molar-refractivity contribution in [1.82, 2.24) is 0 Å². The van der Waals surface area contributed by atoms with Gasteiger partial charge in [0.25, 0.3) is 11.8 Å². The van der Waals surface area contributed by atoms with Crippen molar-refractivity contribution in [3.8, 4) is 17.2 Å². The molecule has 0 fully saturated rings. The van der Waals surface area contributed by atoms with Crippen LogP contribution in [0, 0.1) is 0 Å². The predicted octanol–water partition coefficient (Wildman–Crippen LogP) is 4.70. The highest BCUT2D eigenvalue weighted by Crippen LogP contribution is 2.34. The van der Waals surface area contributed by atoms with E-state index < -0.39 is 24.3 Å². The maximum Gasteiger partial charge on any atom is 0.416 e. The van der Waals surface area contributed by atoms with Gasteiger partial charge in [0.05, 0.1) is 5.56 Å². The molecule has 0 unspecified atom stereocenters. The molecule has 3 aromatic carbocycles. The van der Waals surface area contributed by atoms with E-state index in [0.29, 0.717) is 28.5 Å². The van der Waals surface area contributed by atoms with E-state index in [9.17, 15) is 22.8 Å². The summed E-state index contributed by atoms with van der Waals surface area (Å²) in [6, 6.07) is 15.4. The maximum atomic E-state index is 12.8. The van der Waals surface area contributed by atoms with Crippen LogP contribution in [0.25, 0.3) is 0 Å². The number of hydrogen-bond donors (Lipinski definition) is 2. The van der Waals surface area contributed by atoms with Gasteiger partial charge < -0.3 is 24.8 Å². The molecule has 0 radical (unpaired) electrons. The molecule has 1 aliphatic rings. The summed E-state index contributed by atoms with van der Waals surface area (Å²) in [5.41, 5.74) is 0.0362. The van der Waals surface area contributed by atoms with Crippen molar-refractivity contribution in [3.63, 3.8) is 0 Å². The molecule has 33 heavy (non-hydrogen) atoms. The summed E-state index contributed by atoms with van der Waals surface area (Å²) in [5.74, 6) is 0.474. The predicted molar refractivity (Wildman–Crippen MR) is 113 cm³/mol. The molecule has 1 heterocycles. The molecule has 170 valence electrons. The number of amides is 2. The van der Waals surface area contributed by atoms with Gasteiger partial charge in [0.15, 0.2) is 18.1 Å². The Morgan fingerprint density at radius 1 is 0.879 bits per heavy atom. The number of alkyl halides is 3. The van der Waals surface area contributed by atoms with Gasteiger partial charge in [-0.3, -0.25) is 9.59 Å². The number of carbonyl (C=O) groups is 2. The lowest BCUT2D eigenvalue weighted by Crippen LogP contribution is -2.20. The van der Waals surface area contributed by atoms with E-state index in [1.54, 1.807) is 18.2 Å². The fourth-order valence-electron chi connectivity index (χ4n) is 3.00. The molecule has 0 aliphatic carbocycles. The molecular formula is C23H17F3N2O5. The third kappa shape index (κ3) is 5.53. The largest absolute Gasteiger partial charge is 0.484 e. The zero-order chi connectivity index (χ0) is 23.4. The SMILES string of the molecule is O=C(COc1ccc(C(=O)Nc2ccc3c(c2)OCO3)cc1)Nc1cccc(C(F)(F)F)c1. The first kappa shape index (κ1) is 22.0. The lowest BCUT2D eigenvalue weighted by atomic mass is 10.2. The summed E-state index contributed by atoms with van der Waals surface area (Å²) in [6.45, 7) is -0.287. The van der Waals surface area contributed by atoms with E-state index in [1.165, 1.54) is 36.4 Å². The number of rotatable bonds is 6. The zero-order valence-corrected chi connectivity index (χ0v) is 16.9. The second-order valence-corrected chi connectivity index (χ2v) is 6.96. The molecule has 1 aliphatic heterocycles. The van der Waals surface area contributed by atoms with Crippen LogP contribution in [0.15, 0.2) is 66.7 Å². The lowest BCUT2D eigenvalue weighted by molar-refractivity contribution is -0.137. The average Bonchev–Trinajstić information content (AvgIpc) is 3.25. The summed E-state index contributed by atoms with van der Waals surface area (Å²) < 4.78 is 54.1. The van der Waals surface area contributed by atoms with E-state index in [2.05, 4.69) is 10.6 Å². The van der Waals surface area contributed by atoms with Crippen LogP contribution >= 0.6 is 0 Å². The van der Waals surface area contributed by atoms with Gasteiger partial charge in [0.2, 0.25) is 6.79 Å². The summed E-state index contributed by atoms with van der Waals surface area (Å²) in [4.78, 5) is 24.4. The number of nitrogens with one attached hydrogen (secondary N) is 2. The van der Waals surface area contributed by atoms with Crippen LogP contribution < -0.4 is 24.8 Å². The topological polar surface area (TPSA) is 85.9 Å². The number of hydrogen-bond acceptors (Lipinski definition) is 5. The number of anilines is 2. The van der Waals surface area contributed by atoms with Crippen molar-refractivity contribution in [2.75, 3.05) is 24.0 Å². The Hall–Kier alpha value is -4.21. The number of halogens is 3. The highest BCUT2D eigenvalue weighted by atomic mass is 19.4. The number of ether oxygens (including phenoxy) is 3. The van der Waals surface area contributed by atoms with E-state index >= 15 is 0 Å². The Morgan fingerprint density at radius 2 is 1.61 bits per heavy atom. The van der Waals surface area contributed by atoms with Crippen LogP contribution in [0.3, 0.4) is 0 Å². The van der Waals surface area contributed by atoms with Gasteiger partial charge in [-0.15, -0.1) is 0 Å². The second-order valence-electron chi connectivity index (χ2n) is 6.96. The van der Waals surface area contributed by atoms with Crippen LogP contribution in [0.4, 0.5) is 24.5 Å². The third-order valence-electron chi connectivity index (χ3n) is 4.59. The van der Waals surface area contributed by atoms with Gasteiger partial charge in [-0.2, -0.15) is 13.2 Å². The number of carbonyl (C=O) groups excluding carboxylic acids is 2. The van der Waals surface area contributed by atoms with Gasteiger partial charge in [-0.1, -0.05) is 6.07 Å². The molecule has 3 aromatic rings. The maximum absolute atomic E-state index is 12.8. The smallest absolute Gasteiger partial charge is 0.416 e. The quantitative estimate of drug-likeness (QED) is 0.559. The molecule has 0 saturated heterocycles. The minimum atomic E-state index is -4.51. The summed E-state index contributed by atoms with van der Waals surface area (Å²) in [7, 11) is 0. The summed E-state index contributed by atoms with van der Waals surface area (Å²) in [6.07, 6.45) is -4.51. The van der Waals surface area contributed by atoms with E-state index in [1.807, 2.05) is 0 Å². The number of benzene rings is 3.